The number of carbonyl (C=O) groups excluding carboxylic acids is 1. The summed E-state index contributed by atoms with van der Waals surface area (Å²) in [5.74, 6) is 2.93. The van der Waals surface area contributed by atoms with Crippen LogP contribution in [0.3, 0.4) is 0 Å². The van der Waals surface area contributed by atoms with E-state index < -0.39 is 0 Å². The molecule has 1 aliphatic heterocycles. The highest BCUT2D eigenvalue weighted by atomic mass is 19.1. The number of benzene rings is 1. The number of hydrogen-bond donors (Lipinski definition) is 3. The van der Waals surface area contributed by atoms with Crippen LogP contribution >= 0.6 is 0 Å². The molecule has 7 nitrogen and oxygen atoms in total. The van der Waals surface area contributed by atoms with Crippen molar-refractivity contribution < 1.29 is 13.9 Å². The zero-order valence-corrected chi connectivity index (χ0v) is 25.4. The van der Waals surface area contributed by atoms with Gasteiger partial charge in [-0.15, -0.1) is 0 Å². The zero-order valence-electron chi connectivity index (χ0n) is 25.4. The molecule has 224 valence electrons. The van der Waals surface area contributed by atoms with Gasteiger partial charge in [0, 0.05) is 50.4 Å². The van der Waals surface area contributed by atoms with Gasteiger partial charge in [-0.2, -0.15) is 0 Å². The molecule has 5 rings (SSSR count). The molecule has 4 fully saturated rings. The Morgan fingerprint density at radius 1 is 1.29 bits per heavy atom. The number of ether oxygens (including phenoxy) is 1. The SMILES string of the molecule is C=C/C=C(\C=C/CN/C(=N/C1C[C@H]2C[C@@H]([C@@H]1C)C2(C)C)N1CCN[C@@H](C)C1)C(=O)NCCc1ccc(OC)cc1F. The predicted octanol–water partition coefficient (Wildman–Crippen LogP) is 4.47. The minimum Gasteiger partial charge on any atom is -0.497 e. The van der Waals surface area contributed by atoms with Crippen molar-refractivity contribution in [3.05, 3.63) is 66.0 Å². The van der Waals surface area contributed by atoms with Crippen LogP contribution in [0.4, 0.5) is 4.39 Å². The molecule has 1 saturated heterocycles. The second kappa shape index (κ2) is 13.7. The Labute approximate surface area is 245 Å². The fourth-order valence-electron chi connectivity index (χ4n) is 6.75. The third-order valence-corrected chi connectivity index (χ3v) is 9.45. The summed E-state index contributed by atoms with van der Waals surface area (Å²) in [5, 5.41) is 9.98. The molecule has 5 atom stereocenters. The molecule has 3 aliphatic carbocycles. The number of halogens is 1. The van der Waals surface area contributed by atoms with Crippen LogP contribution in [0.25, 0.3) is 0 Å². The smallest absolute Gasteiger partial charge is 0.251 e. The van der Waals surface area contributed by atoms with E-state index in [-0.39, 0.29) is 11.7 Å². The van der Waals surface area contributed by atoms with Gasteiger partial charge in [0.2, 0.25) is 0 Å². The van der Waals surface area contributed by atoms with Gasteiger partial charge in [0.1, 0.15) is 11.6 Å². The van der Waals surface area contributed by atoms with E-state index in [0.29, 0.717) is 59.8 Å². The molecule has 3 N–H and O–H groups in total. The average molecular weight is 566 g/mol. The number of carbonyl (C=O) groups is 1. The van der Waals surface area contributed by atoms with Gasteiger partial charge in [-0.1, -0.05) is 57.7 Å². The first-order chi connectivity index (χ1) is 19.6. The van der Waals surface area contributed by atoms with Crippen LogP contribution in [-0.4, -0.2) is 68.7 Å². The van der Waals surface area contributed by atoms with Gasteiger partial charge in [-0.25, -0.2) is 9.38 Å². The minimum atomic E-state index is -0.342. The number of hydrogen-bond acceptors (Lipinski definition) is 4. The van der Waals surface area contributed by atoms with Gasteiger partial charge in [-0.05, 0) is 61.0 Å². The van der Waals surface area contributed by atoms with Crippen molar-refractivity contribution in [2.45, 2.75) is 59.0 Å². The molecular weight excluding hydrogens is 517 g/mol. The van der Waals surface area contributed by atoms with E-state index in [1.165, 1.54) is 19.6 Å². The summed E-state index contributed by atoms with van der Waals surface area (Å²) in [6.45, 7) is 16.8. The third kappa shape index (κ3) is 7.39. The van der Waals surface area contributed by atoms with Gasteiger partial charge >= 0.3 is 0 Å². The summed E-state index contributed by atoms with van der Waals surface area (Å²) in [5.41, 5.74) is 1.46. The average Bonchev–Trinajstić information content (AvgIpc) is 2.95. The number of amides is 1. The predicted molar refractivity (Wildman–Crippen MR) is 165 cm³/mol. The standard InChI is InChI=1S/C33H48FN5O2/c1-7-9-25(31(40)36-15-13-24-11-12-27(41-6)20-29(24)34)10-8-14-37-32(39-17-16-35-22(2)21-39)38-30-19-26-18-28(23(30)3)33(26,4)5/h7-12,20,22-23,26,28,30,35H,1,13-19,21H2,2-6H3,(H,36,40)(H,37,38)/b10-8-,25-9+/t22-,23-,26+,28-,30?/m0/s1. The zero-order chi connectivity index (χ0) is 29.6. The lowest BCUT2D eigenvalue weighted by atomic mass is 9.45. The first kappa shape index (κ1) is 30.8. The van der Waals surface area contributed by atoms with Crippen molar-refractivity contribution in [3.63, 3.8) is 0 Å². The molecule has 1 aromatic carbocycles. The molecule has 41 heavy (non-hydrogen) atoms. The van der Waals surface area contributed by atoms with Crippen molar-refractivity contribution in [3.8, 4) is 5.75 Å². The second-order valence-electron chi connectivity index (χ2n) is 12.4. The fourth-order valence-corrected chi connectivity index (χ4v) is 6.75. The molecule has 8 heteroatoms. The highest BCUT2D eigenvalue weighted by molar-refractivity contribution is 5.96. The maximum Gasteiger partial charge on any atom is 0.251 e. The number of guanidine groups is 1. The summed E-state index contributed by atoms with van der Waals surface area (Å²) in [4.78, 5) is 20.5. The summed E-state index contributed by atoms with van der Waals surface area (Å²) in [6.07, 6.45) is 9.91. The Bertz CT molecular complexity index is 1180. The lowest BCUT2D eigenvalue weighted by molar-refractivity contribution is -0.117. The van der Waals surface area contributed by atoms with E-state index in [1.807, 2.05) is 6.08 Å². The molecule has 3 saturated carbocycles. The number of aliphatic imine (C=N–C) groups is 1. The molecule has 1 amide bonds. The number of rotatable bonds is 10. The fraction of sp³-hybridized carbons (Fsp3) is 0.576. The van der Waals surface area contributed by atoms with Gasteiger partial charge in [0.15, 0.2) is 5.96 Å². The van der Waals surface area contributed by atoms with E-state index in [0.717, 1.165) is 43.9 Å². The molecule has 0 radical (unpaired) electrons. The number of allylic oxidation sites excluding steroid dienone is 2. The van der Waals surface area contributed by atoms with Crippen LogP contribution in [0.1, 0.15) is 46.1 Å². The van der Waals surface area contributed by atoms with Crippen molar-refractivity contribution in [2.24, 2.45) is 28.2 Å². The van der Waals surface area contributed by atoms with Crippen molar-refractivity contribution in [1.82, 2.24) is 20.9 Å². The van der Waals surface area contributed by atoms with Crippen molar-refractivity contribution in [1.29, 1.82) is 0 Å². The second-order valence-corrected chi connectivity index (χ2v) is 12.4. The van der Waals surface area contributed by atoms with Crippen LogP contribution in [0.2, 0.25) is 0 Å². The summed E-state index contributed by atoms with van der Waals surface area (Å²) in [6, 6.07) is 5.49. The molecule has 1 heterocycles. The van der Waals surface area contributed by atoms with Crippen LogP contribution in [0.5, 0.6) is 5.75 Å². The third-order valence-electron chi connectivity index (χ3n) is 9.45. The van der Waals surface area contributed by atoms with Gasteiger partial charge in [-0.3, -0.25) is 4.79 Å². The quantitative estimate of drug-likeness (QED) is 0.169. The highest BCUT2D eigenvalue weighted by Gasteiger charge is 2.56. The van der Waals surface area contributed by atoms with Gasteiger partial charge < -0.3 is 25.6 Å². The number of fused-ring (bicyclic) bond motifs is 2. The number of piperazine rings is 1. The molecule has 2 bridgehead atoms. The molecule has 0 spiro atoms. The summed E-state index contributed by atoms with van der Waals surface area (Å²) in [7, 11) is 1.50. The van der Waals surface area contributed by atoms with Crippen molar-refractivity contribution >= 4 is 11.9 Å². The van der Waals surface area contributed by atoms with E-state index in [4.69, 9.17) is 9.73 Å². The molecule has 1 unspecified atom stereocenters. The lowest BCUT2D eigenvalue weighted by Gasteiger charge is -2.61. The van der Waals surface area contributed by atoms with Crippen LogP contribution < -0.4 is 20.7 Å². The summed E-state index contributed by atoms with van der Waals surface area (Å²) < 4.78 is 19.3. The van der Waals surface area contributed by atoms with E-state index in [1.54, 1.807) is 30.4 Å². The normalized spacial score (nSPS) is 27.8. The molecule has 4 aliphatic rings. The van der Waals surface area contributed by atoms with E-state index in [2.05, 4.69) is 55.1 Å². The first-order valence-corrected chi connectivity index (χ1v) is 15.0. The molecular formula is C33H48FN5O2. The lowest BCUT2D eigenvalue weighted by Crippen LogP contribution is -2.58. The number of methoxy groups -OCH3 is 1. The van der Waals surface area contributed by atoms with Crippen LogP contribution in [-0.2, 0) is 11.2 Å². The Hall–Kier alpha value is -3.13. The minimum absolute atomic E-state index is 0.224. The van der Waals surface area contributed by atoms with Gasteiger partial charge in [0.05, 0.1) is 13.2 Å². The maximum atomic E-state index is 14.2. The number of nitrogens with zero attached hydrogens (tertiary/aromatic N) is 2. The van der Waals surface area contributed by atoms with Crippen molar-refractivity contribution in [2.75, 3.05) is 39.8 Å². The van der Waals surface area contributed by atoms with Gasteiger partial charge in [0.25, 0.3) is 5.91 Å². The van der Waals surface area contributed by atoms with Crippen LogP contribution in [0.15, 0.2) is 59.6 Å². The Morgan fingerprint density at radius 2 is 2.10 bits per heavy atom. The molecule has 0 aromatic heterocycles. The number of nitrogens with one attached hydrogen (secondary N) is 3. The topological polar surface area (TPSA) is 78.0 Å². The largest absolute Gasteiger partial charge is 0.497 e. The highest BCUT2D eigenvalue weighted by Crippen LogP contribution is 2.61. The molecule has 1 aromatic rings. The van der Waals surface area contributed by atoms with E-state index in [9.17, 15) is 9.18 Å². The first-order valence-electron chi connectivity index (χ1n) is 15.0. The maximum absolute atomic E-state index is 14.2. The Kier molecular flexibility index (Phi) is 10.3. The Morgan fingerprint density at radius 3 is 2.76 bits per heavy atom. The summed E-state index contributed by atoms with van der Waals surface area (Å²) >= 11 is 0. The Balaban J connectivity index is 1.35. The monoisotopic (exact) mass is 565 g/mol. The van der Waals surface area contributed by atoms with Crippen LogP contribution in [0, 0.1) is 29.0 Å². The van der Waals surface area contributed by atoms with E-state index >= 15 is 0 Å².